The molecule has 4 heteroatoms. The van der Waals surface area contributed by atoms with Crippen LogP contribution in [0.25, 0.3) is 0 Å². The number of nitrogens with one attached hydrogen (secondary N) is 1. The van der Waals surface area contributed by atoms with Gasteiger partial charge in [-0.25, -0.2) is 0 Å². The largest absolute Gasteiger partial charge is 0.480 e. The van der Waals surface area contributed by atoms with Crippen molar-refractivity contribution in [2.24, 2.45) is 0 Å². The van der Waals surface area contributed by atoms with Gasteiger partial charge in [0.05, 0.1) is 6.10 Å². The van der Waals surface area contributed by atoms with Gasteiger partial charge in [-0.05, 0) is 46.1 Å². The van der Waals surface area contributed by atoms with E-state index in [1.165, 1.54) is 0 Å². The van der Waals surface area contributed by atoms with Gasteiger partial charge in [0.15, 0.2) is 0 Å². The summed E-state index contributed by atoms with van der Waals surface area (Å²) in [4.78, 5) is 11.2. The van der Waals surface area contributed by atoms with Crippen LogP contribution in [-0.4, -0.2) is 35.9 Å². The van der Waals surface area contributed by atoms with Crippen LogP contribution in [-0.2, 0) is 9.53 Å². The molecule has 18 heavy (non-hydrogen) atoms. The lowest BCUT2D eigenvalue weighted by Gasteiger charge is -2.25. The smallest absolute Gasteiger partial charge is 0.323 e. The lowest BCUT2D eigenvalue weighted by atomic mass is 9.95. The quantitative estimate of drug-likeness (QED) is 0.560. The molecule has 0 spiro atoms. The van der Waals surface area contributed by atoms with Crippen LogP contribution in [0.2, 0.25) is 0 Å². The van der Waals surface area contributed by atoms with Crippen LogP contribution in [0, 0.1) is 0 Å². The van der Waals surface area contributed by atoms with E-state index in [2.05, 4.69) is 19.2 Å². The lowest BCUT2D eigenvalue weighted by molar-refractivity contribution is -0.144. The predicted octanol–water partition coefficient (Wildman–Crippen LogP) is 2.81. The van der Waals surface area contributed by atoms with E-state index in [1.807, 2.05) is 6.92 Å². The van der Waals surface area contributed by atoms with Crippen molar-refractivity contribution in [2.75, 3.05) is 13.2 Å². The van der Waals surface area contributed by atoms with Gasteiger partial charge in [0, 0.05) is 6.61 Å². The molecular formula is C14H29NO3. The molecule has 0 aromatic carbocycles. The number of unbranched alkanes of at least 4 members (excludes halogenated alkanes) is 1. The molecule has 4 nitrogen and oxygen atoms in total. The molecule has 0 aliphatic heterocycles. The number of carboxylic acid groups (broad SMARTS) is 1. The third kappa shape index (κ3) is 6.97. The first-order valence-corrected chi connectivity index (χ1v) is 7.06. The highest BCUT2D eigenvalue weighted by atomic mass is 16.5. The Kier molecular flexibility index (Phi) is 9.02. The molecule has 0 rings (SSSR count). The topological polar surface area (TPSA) is 58.6 Å². The number of hydrogen-bond acceptors (Lipinski definition) is 3. The molecule has 0 aliphatic carbocycles. The van der Waals surface area contributed by atoms with Gasteiger partial charge in [0.2, 0.25) is 0 Å². The van der Waals surface area contributed by atoms with Crippen molar-refractivity contribution in [1.82, 2.24) is 5.32 Å². The molecule has 0 aromatic heterocycles. The van der Waals surface area contributed by atoms with Gasteiger partial charge >= 0.3 is 5.97 Å². The summed E-state index contributed by atoms with van der Waals surface area (Å²) in [5, 5.41) is 12.2. The third-order valence-corrected chi connectivity index (χ3v) is 3.21. The zero-order valence-electron chi connectivity index (χ0n) is 12.3. The molecule has 0 fully saturated rings. The fourth-order valence-electron chi connectivity index (χ4n) is 2.02. The number of likely N-dealkylation sites (N-methyl/N-ethyl adjacent to an activating group) is 1. The maximum absolute atomic E-state index is 11.2. The first-order valence-electron chi connectivity index (χ1n) is 7.06. The van der Waals surface area contributed by atoms with Crippen molar-refractivity contribution in [2.45, 2.75) is 71.4 Å². The molecule has 2 N–H and O–H groups in total. The van der Waals surface area contributed by atoms with Gasteiger partial charge in [-0.2, -0.15) is 0 Å². The summed E-state index contributed by atoms with van der Waals surface area (Å²) < 4.78 is 5.65. The van der Waals surface area contributed by atoms with Crippen molar-refractivity contribution in [3.05, 3.63) is 0 Å². The Morgan fingerprint density at radius 2 is 2.06 bits per heavy atom. The number of carboxylic acids is 1. The summed E-state index contributed by atoms with van der Waals surface area (Å²) in [6.45, 7) is 9.31. The molecule has 0 saturated carbocycles. The second kappa shape index (κ2) is 9.34. The molecular weight excluding hydrogens is 230 g/mol. The monoisotopic (exact) mass is 259 g/mol. The first-order chi connectivity index (χ1) is 8.46. The fraction of sp³-hybridized carbons (Fsp3) is 0.929. The molecule has 108 valence electrons. The minimum absolute atomic E-state index is 0.314. The number of aliphatic carboxylic acids is 1. The van der Waals surface area contributed by atoms with Crippen LogP contribution in [0.4, 0.5) is 0 Å². The molecule has 0 aliphatic rings. The number of hydrogen-bond donors (Lipinski definition) is 2. The van der Waals surface area contributed by atoms with E-state index in [1.54, 1.807) is 6.92 Å². The van der Waals surface area contributed by atoms with E-state index >= 15 is 0 Å². The van der Waals surface area contributed by atoms with Gasteiger partial charge < -0.3 is 15.2 Å². The minimum Gasteiger partial charge on any atom is -0.480 e. The second-order valence-electron chi connectivity index (χ2n) is 5.09. The van der Waals surface area contributed by atoms with E-state index < -0.39 is 11.5 Å². The standard InChI is InChI=1S/C14H29NO3/c1-5-9-12(3)18-11-8-7-10-14(4,13(16)17)15-6-2/h12,15H,5-11H2,1-4H3,(H,16,17). The Bertz CT molecular complexity index is 233. The summed E-state index contributed by atoms with van der Waals surface area (Å²) in [6.07, 6.45) is 4.97. The zero-order chi connectivity index (χ0) is 14.0. The molecule has 2 atom stereocenters. The first kappa shape index (κ1) is 17.4. The molecule has 0 radical (unpaired) electrons. The van der Waals surface area contributed by atoms with Gasteiger partial charge in [0.25, 0.3) is 0 Å². The molecule has 0 aromatic rings. The Hall–Kier alpha value is -0.610. The number of carbonyl (C=O) groups is 1. The Labute approximate surface area is 111 Å². The van der Waals surface area contributed by atoms with Crippen LogP contribution < -0.4 is 5.32 Å². The van der Waals surface area contributed by atoms with E-state index in [-0.39, 0.29) is 0 Å². The number of ether oxygens (including phenoxy) is 1. The van der Waals surface area contributed by atoms with Crippen LogP contribution >= 0.6 is 0 Å². The predicted molar refractivity (Wildman–Crippen MR) is 73.9 cm³/mol. The molecule has 0 bridgehead atoms. The van der Waals surface area contributed by atoms with Crippen LogP contribution in [0.15, 0.2) is 0 Å². The summed E-state index contributed by atoms with van der Waals surface area (Å²) in [5.74, 6) is -0.774. The van der Waals surface area contributed by atoms with E-state index in [9.17, 15) is 9.90 Å². The average molecular weight is 259 g/mol. The van der Waals surface area contributed by atoms with Gasteiger partial charge in [0.1, 0.15) is 5.54 Å². The maximum Gasteiger partial charge on any atom is 0.323 e. The highest BCUT2D eigenvalue weighted by Crippen LogP contribution is 2.14. The molecule has 0 heterocycles. The summed E-state index contributed by atoms with van der Waals surface area (Å²) >= 11 is 0. The van der Waals surface area contributed by atoms with Crippen molar-refractivity contribution in [3.63, 3.8) is 0 Å². The van der Waals surface area contributed by atoms with Crippen molar-refractivity contribution in [3.8, 4) is 0 Å². The second-order valence-corrected chi connectivity index (χ2v) is 5.09. The van der Waals surface area contributed by atoms with Crippen LogP contribution in [0.1, 0.15) is 59.8 Å². The van der Waals surface area contributed by atoms with Crippen molar-refractivity contribution >= 4 is 5.97 Å². The normalized spacial score (nSPS) is 16.2. The van der Waals surface area contributed by atoms with E-state index in [4.69, 9.17) is 4.74 Å². The van der Waals surface area contributed by atoms with Gasteiger partial charge in [-0.15, -0.1) is 0 Å². The minimum atomic E-state index is -0.802. The van der Waals surface area contributed by atoms with Crippen LogP contribution in [0.5, 0.6) is 0 Å². The summed E-state index contributed by atoms with van der Waals surface area (Å²) in [6, 6.07) is 0. The number of rotatable bonds is 11. The van der Waals surface area contributed by atoms with Crippen LogP contribution in [0.3, 0.4) is 0 Å². The molecule has 0 amide bonds. The van der Waals surface area contributed by atoms with Gasteiger partial charge in [-0.3, -0.25) is 4.79 Å². The van der Waals surface area contributed by atoms with Gasteiger partial charge in [-0.1, -0.05) is 20.3 Å². The molecule has 0 saturated heterocycles. The SMILES string of the molecule is CCCC(C)OCCCCC(C)(NCC)C(=O)O. The highest BCUT2D eigenvalue weighted by molar-refractivity contribution is 5.78. The van der Waals surface area contributed by atoms with Crippen molar-refractivity contribution < 1.29 is 14.6 Å². The zero-order valence-corrected chi connectivity index (χ0v) is 12.3. The third-order valence-electron chi connectivity index (χ3n) is 3.21. The van der Waals surface area contributed by atoms with Crippen molar-refractivity contribution in [1.29, 1.82) is 0 Å². The average Bonchev–Trinajstić information content (AvgIpc) is 2.29. The van der Waals surface area contributed by atoms with E-state index in [0.29, 0.717) is 19.1 Å². The summed E-state index contributed by atoms with van der Waals surface area (Å²) in [5.41, 5.74) is -0.802. The summed E-state index contributed by atoms with van der Waals surface area (Å²) in [7, 11) is 0. The Balaban J connectivity index is 3.77. The lowest BCUT2D eigenvalue weighted by Crippen LogP contribution is -2.49. The Morgan fingerprint density at radius 3 is 2.56 bits per heavy atom. The molecule has 2 unspecified atom stereocenters. The maximum atomic E-state index is 11.2. The fourth-order valence-corrected chi connectivity index (χ4v) is 2.02. The highest BCUT2D eigenvalue weighted by Gasteiger charge is 2.30. The van der Waals surface area contributed by atoms with E-state index in [0.717, 1.165) is 32.3 Å². The Morgan fingerprint density at radius 1 is 1.39 bits per heavy atom.